The molecule has 30 heavy (non-hydrogen) atoms. The van der Waals surface area contributed by atoms with Crippen molar-refractivity contribution in [3.63, 3.8) is 0 Å². The number of rotatable bonds is 9. The van der Waals surface area contributed by atoms with E-state index in [9.17, 15) is 8.78 Å². The van der Waals surface area contributed by atoms with E-state index in [2.05, 4.69) is 6.07 Å². The molecule has 0 bridgehead atoms. The second-order valence-electron chi connectivity index (χ2n) is 9.66. The SMILES string of the molecule is N#C/C=C/CCC1CCC(C2CCC(CCCCc3ccc(F)c(F)c3)CC2)CC1. The Morgan fingerprint density at radius 2 is 1.47 bits per heavy atom. The number of allylic oxidation sites excluding steroid dienone is 2. The number of hydrogen-bond acceptors (Lipinski definition) is 1. The first-order valence-corrected chi connectivity index (χ1v) is 12.1. The molecule has 0 spiro atoms. The molecule has 0 unspecified atom stereocenters. The fraction of sp³-hybridized carbons (Fsp3) is 0.667. The first kappa shape index (κ1) is 23.0. The van der Waals surface area contributed by atoms with E-state index < -0.39 is 11.6 Å². The van der Waals surface area contributed by atoms with E-state index in [1.807, 2.05) is 6.08 Å². The van der Waals surface area contributed by atoms with Crippen molar-refractivity contribution < 1.29 is 8.78 Å². The molecule has 0 heterocycles. The second kappa shape index (κ2) is 12.2. The average molecular weight is 414 g/mol. The second-order valence-corrected chi connectivity index (χ2v) is 9.66. The molecule has 0 aliphatic heterocycles. The summed E-state index contributed by atoms with van der Waals surface area (Å²) in [4.78, 5) is 0. The third-order valence-corrected chi connectivity index (χ3v) is 7.70. The first-order chi connectivity index (χ1) is 14.7. The maximum absolute atomic E-state index is 13.3. The minimum atomic E-state index is -0.753. The largest absolute Gasteiger partial charge is 0.204 e. The number of benzene rings is 1. The van der Waals surface area contributed by atoms with Gasteiger partial charge in [0.15, 0.2) is 11.6 Å². The quantitative estimate of drug-likeness (QED) is 0.296. The molecule has 0 saturated heterocycles. The standard InChI is InChI=1S/C27H37F2N/c28-26-18-13-23(20-27(26)29)8-4-3-7-22-11-16-25(17-12-22)24-14-9-21(10-15-24)6-2-1-5-19-30/h1,5,13,18,20-22,24-25H,2-4,6-12,14-17H2/b5-1+. The van der Waals surface area contributed by atoms with Gasteiger partial charge in [-0.3, -0.25) is 0 Å². The van der Waals surface area contributed by atoms with Crippen LogP contribution in [0.3, 0.4) is 0 Å². The lowest BCUT2D eigenvalue weighted by atomic mass is 9.68. The highest BCUT2D eigenvalue weighted by Crippen LogP contribution is 2.43. The fourth-order valence-corrected chi connectivity index (χ4v) is 5.82. The molecule has 2 saturated carbocycles. The van der Waals surface area contributed by atoms with Crippen LogP contribution in [0.4, 0.5) is 8.78 Å². The Morgan fingerprint density at radius 3 is 2.07 bits per heavy atom. The van der Waals surface area contributed by atoms with Crippen LogP contribution >= 0.6 is 0 Å². The third kappa shape index (κ3) is 7.22. The summed E-state index contributed by atoms with van der Waals surface area (Å²) >= 11 is 0. The van der Waals surface area contributed by atoms with Crippen molar-refractivity contribution in [1.29, 1.82) is 5.26 Å². The van der Waals surface area contributed by atoms with Gasteiger partial charge in [0.2, 0.25) is 0 Å². The Bertz CT molecular complexity index is 704. The monoisotopic (exact) mass is 413 g/mol. The maximum Gasteiger partial charge on any atom is 0.159 e. The van der Waals surface area contributed by atoms with Crippen molar-refractivity contribution in [2.75, 3.05) is 0 Å². The van der Waals surface area contributed by atoms with Gasteiger partial charge >= 0.3 is 0 Å². The van der Waals surface area contributed by atoms with Crippen LogP contribution in [0.2, 0.25) is 0 Å². The molecule has 1 nitrogen and oxygen atoms in total. The van der Waals surface area contributed by atoms with E-state index >= 15 is 0 Å². The van der Waals surface area contributed by atoms with Crippen molar-refractivity contribution in [3.05, 3.63) is 47.5 Å². The molecule has 0 amide bonds. The highest BCUT2D eigenvalue weighted by Gasteiger charge is 2.30. The van der Waals surface area contributed by atoms with E-state index in [4.69, 9.17) is 5.26 Å². The lowest BCUT2D eigenvalue weighted by molar-refractivity contribution is 0.140. The van der Waals surface area contributed by atoms with E-state index in [0.29, 0.717) is 0 Å². The molecule has 1 aromatic carbocycles. The van der Waals surface area contributed by atoms with Crippen LogP contribution < -0.4 is 0 Å². The minimum absolute atomic E-state index is 0.726. The van der Waals surface area contributed by atoms with Crippen LogP contribution in [0.15, 0.2) is 30.4 Å². The molecule has 3 rings (SSSR count). The third-order valence-electron chi connectivity index (χ3n) is 7.70. The molecular weight excluding hydrogens is 376 g/mol. The van der Waals surface area contributed by atoms with Gasteiger partial charge in [-0.2, -0.15) is 5.26 Å². The number of unbranched alkanes of at least 4 members (excludes halogenated alkanes) is 1. The van der Waals surface area contributed by atoms with Crippen molar-refractivity contribution >= 4 is 0 Å². The summed E-state index contributed by atoms with van der Waals surface area (Å²) in [5.41, 5.74) is 0.911. The van der Waals surface area contributed by atoms with Gasteiger partial charge in [-0.05, 0) is 92.7 Å². The van der Waals surface area contributed by atoms with Gasteiger partial charge in [0.25, 0.3) is 0 Å². The Morgan fingerprint density at radius 1 is 0.833 bits per heavy atom. The van der Waals surface area contributed by atoms with Crippen molar-refractivity contribution in [1.82, 2.24) is 0 Å². The Labute approximate surface area is 181 Å². The summed E-state index contributed by atoms with van der Waals surface area (Å²) in [5.74, 6) is 2.16. The molecule has 2 aliphatic carbocycles. The van der Waals surface area contributed by atoms with Crippen molar-refractivity contribution in [2.24, 2.45) is 23.7 Å². The van der Waals surface area contributed by atoms with Gasteiger partial charge in [-0.25, -0.2) is 8.78 Å². The normalized spacial score (nSPS) is 27.2. The van der Waals surface area contributed by atoms with Gasteiger partial charge in [0.1, 0.15) is 0 Å². The summed E-state index contributed by atoms with van der Waals surface area (Å²) in [6.07, 6.45) is 21.5. The van der Waals surface area contributed by atoms with Crippen LogP contribution in [0.5, 0.6) is 0 Å². The molecule has 0 N–H and O–H groups in total. The molecule has 0 atom stereocenters. The molecule has 0 aromatic heterocycles. The summed E-state index contributed by atoms with van der Waals surface area (Å²) in [5, 5.41) is 8.57. The molecular formula is C27H37F2N. The maximum atomic E-state index is 13.3. The molecule has 2 fully saturated rings. The summed E-state index contributed by atoms with van der Waals surface area (Å²) < 4.78 is 26.3. The number of nitrogens with zero attached hydrogens (tertiary/aromatic N) is 1. The molecule has 3 heteroatoms. The van der Waals surface area contributed by atoms with Crippen LogP contribution in [0, 0.1) is 46.6 Å². The van der Waals surface area contributed by atoms with Crippen LogP contribution in [0.25, 0.3) is 0 Å². The van der Waals surface area contributed by atoms with Gasteiger partial charge in [-0.1, -0.05) is 50.7 Å². The molecule has 1 aromatic rings. The Kier molecular flexibility index (Phi) is 9.37. The minimum Gasteiger partial charge on any atom is -0.204 e. The van der Waals surface area contributed by atoms with Crippen molar-refractivity contribution in [3.8, 4) is 6.07 Å². The Balaban J connectivity index is 1.27. The molecule has 2 aliphatic rings. The van der Waals surface area contributed by atoms with Crippen LogP contribution in [-0.2, 0) is 6.42 Å². The summed E-state index contributed by atoms with van der Waals surface area (Å²) in [7, 11) is 0. The predicted octanol–water partition coefficient (Wildman–Crippen LogP) is 8.15. The molecule has 164 valence electrons. The van der Waals surface area contributed by atoms with Gasteiger partial charge in [-0.15, -0.1) is 0 Å². The lowest BCUT2D eigenvalue weighted by Crippen LogP contribution is -2.25. The number of aryl methyl sites for hydroxylation is 1. The van der Waals surface area contributed by atoms with Gasteiger partial charge in [0.05, 0.1) is 6.07 Å². The van der Waals surface area contributed by atoms with Crippen molar-refractivity contribution in [2.45, 2.75) is 89.9 Å². The van der Waals surface area contributed by atoms with E-state index in [1.165, 1.54) is 82.8 Å². The summed E-state index contributed by atoms with van der Waals surface area (Å²) in [6, 6.07) is 6.38. The van der Waals surface area contributed by atoms with E-state index in [-0.39, 0.29) is 0 Å². The van der Waals surface area contributed by atoms with Gasteiger partial charge < -0.3 is 0 Å². The average Bonchev–Trinajstić information content (AvgIpc) is 2.78. The smallest absolute Gasteiger partial charge is 0.159 e. The zero-order valence-corrected chi connectivity index (χ0v) is 18.3. The number of nitriles is 1. The fourth-order valence-electron chi connectivity index (χ4n) is 5.82. The first-order valence-electron chi connectivity index (χ1n) is 12.1. The molecule has 0 radical (unpaired) electrons. The highest BCUT2D eigenvalue weighted by atomic mass is 19.2. The number of halogens is 2. The van der Waals surface area contributed by atoms with E-state index in [1.54, 1.807) is 12.1 Å². The zero-order chi connectivity index (χ0) is 21.2. The summed E-state index contributed by atoms with van der Waals surface area (Å²) in [6.45, 7) is 0. The van der Waals surface area contributed by atoms with Gasteiger partial charge in [0, 0.05) is 6.08 Å². The Hall–Kier alpha value is -1.69. The van der Waals surface area contributed by atoms with Crippen LogP contribution in [-0.4, -0.2) is 0 Å². The lowest BCUT2D eigenvalue weighted by Gasteiger charge is -2.38. The topological polar surface area (TPSA) is 23.8 Å². The van der Waals surface area contributed by atoms with E-state index in [0.717, 1.165) is 48.5 Å². The van der Waals surface area contributed by atoms with Crippen LogP contribution in [0.1, 0.15) is 89.0 Å². The predicted molar refractivity (Wildman–Crippen MR) is 119 cm³/mol. The highest BCUT2D eigenvalue weighted by molar-refractivity contribution is 5.17. The zero-order valence-electron chi connectivity index (χ0n) is 18.3. The number of hydrogen-bond donors (Lipinski definition) is 0.